The van der Waals surface area contributed by atoms with Crippen molar-refractivity contribution in [2.24, 2.45) is 0 Å². The maximum Gasteiger partial charge on any atom is 0.135 e. The van der Waals surface area contributed by atoms with E-state index in [1.54, 1.807) is 11.3 Å². The smallest absolute Gasteiger partial charge is 0.135 e. The Morgan fingerprint density at radius 3 is 2.58 bits per heavy atom. The third-order valence-corrected chi connectivity index (χ3v) is 4.25. The molecule has 0 unspecified atom stereocenters. The van der Waals surface area contributed by atoms with Crippen LogP contribution in [0.4, 0.5) is 11.6 Å². The predicted molar refractivity (Wildman–Crippen MR) is 79.5 cm³/mol. The number of hydrogen-bond donors (Lipinski definition) is 1. The SMILES string of the molecule is CN1CCN(c2ccc(-c3nc(N)cs3)cn2)CC1. The van der Waals surface area contributed by atoms with Crippen molar-refractivity contribution in [1.82, 2.24) is 14.9 Å². The molecule has 1 fully saturated rings. The molecule has 100 valence electrons. The van der Waals surface area contributed by atoms with E-state index in [9.17, 15) is 0 Å². The Bertz CT molecular complexity index is 542. The summed E-state index contributed by atoms with van der Waals surface area (Å²) in [6, 6.07) is 4.14. The van der Waals surface area contributed by atoms with Gasteiger partial charge in [-0.1, -0.05) is 0 Å². The van der Waals surface area contributed by atoms with Crippen molar-refractivity contribution in [3.05, 3.63) is 23.7 Å². The summed E-state index contributed by atoms with van der Waals surface area (Å²) in [5.74, 6) is 1.62. The lowest BCUT2D eigenvalue weighted by Crippen LogP contribution is -2.44. The summed E-state index contributed by atoms with van der Waals surface area (Å²) in [5, 5.41) is 2.78. The van der Waals surface area contributed by atoms with Crippen LogP contribution < -0.4 is 10.6 Å². The summed E-state index contributed by atoms with van der Waals surface area (Å²) in [6.45, 7) is 4.25. The fraction of sp³-hybridized carbons (Fsp3) is 0.385. The van der Waals surface area contributed by atoms with Gasteiger partial charge >= 0.3 is 0 Å². The minimum absolute atomic E-state index is 0.572. The largest absolute Gasteiger partial charge is 0.383 e. The van der Waals surface area contributed by atoms with E-state index in [1.807, 2.05) is 11.6 Å². The second kappa shape index (κ2) is 5.14. The summed E-state index contributed by atoms with van der Waals surface area (Å²) in [5.41, 5.74) is 6.67. The first kappa shape index (κ1) is 12.4. The zero-order valence-electron chi connectivity index (χ0n) is 10.9. The molecule has 0 aromatic carbocycles. The first-order valence-corrected chi connectivity index (χ1v) is 7.21. The molecule has 5 nitrogen and oxygen atoms in total. The summed E-state index contributed by atoms with van der Waals surface area (Å²) in [4.78, 5) is 13.5. The van der Waals surface area contributed by atoms with Crippen molar-refractivity contribution in [3.8, 4) is 10.6 Å². The van der Waals surface area contributed by atoms with Crippen LogP contribution in [0, 0.1) is 0 Å². The number of nitrogens with zero attached hydrogens (tertiary/aromatic N) is 4. The molecule has 3 rings (SSSR count). The minimum atomic E-state index is 0.572. The molecule has 0 amide bonds. The lowest BCUT2D eigenvalue weighted by Gasteiger charge is -2.33. The lowest BCUT2D eigenvalue weighted by atomic mass is 10.2. The molecule has 1 aliphatic heterocycles. The van der Waals surface area contributed by atoms with E-state index in [0.717, 1.165) is 42.6 Å². The Kier molecular flexibility index (Phi) is 3.35. The highest BCUT2D eigenvalue weighted by atomic mass is 32.1. The van der Waals surface area contributed by atoms with Gasteiger partial charge in [0.15, 0.2) is 0 Å². The van der Waals surface area contributed by atoms with Gasteiger partial charge in [-0.2, -0.15) is 0 Å². The first-order chi connectivity index (χ1) is 9.22. The number of piperazine rings is 1. The van der Waals surface area contributed by atoms with Crippen LogP contribution in [0.25, 0.3) is 10.6 Å². The number of pyridine rings is 1. The molecule has 0 saturated carbocycles. The summed E-state index contributed by atoms with van der Waals surface area (Å²) >= 11 is 1.55. The van der Waals surface area contributed by atoms with Gasteiger partial charge < -0.3 is 15.5 Å². The number of nitrogens with two attached hydrogens (primary N) is 1. The zero-order valence-corrected chi connectivity index (χ0v) is 11.7. The van der Waals surface area contributed by atoms with Crippen LogP contribution in [-0.2, 0) is 0 Å². The fourth-order valence-electron chi connectivity index (χ4n) is 2.15. The van der Waals surface area contributed by atoms with Crippen molar-refractivity contribution in [2.45, 2.75) is 0 Å². The topological polar surface area (TPSA) is 58.3 Å². The summed E-state index contributed by atoms with van der Waals surface area (Å²) in [7, 11) is 2.15. The van der Waals surface area contributed by atoms with Crippen LogP contribution in [0.5, 0.6) is 0 Å². The Labute approximate surface area is 116 Å². The second-order valence-electron chi connectivity index (χ2n) is 4.77. The molecule has 0 spiro atoms. The molecule has 19 heavy (non-hydrogen) atoms. The van der Waals surface area contributed by atoms with E-state index >= 15 is 0 Å². The normalized spacial score (nSPS) is 16.8. The van der Waals surface area contributed by atoms with Gasteiger partial charge in [0, 0.05) is 43.3 Å². The van der Waals surface area contributed by atoms with Crippen molar-refractivity contribution in [3.63, 3.8) is 0 Å². The third kappa shape index (κ3) is 2.69. The molecular weight excluding hydrogens is 258 g/mol. The number of nitrogen functional groups attached to an aromatic ring is 1. The number of likely N-dealkylation sites (N-methyl/N-ethyl adjacent to an activating group) is 1. The molecule has 2 aromatic rings. The maximum atomic E-state index is 5.64. The summed E-state index contributed by atoms with van der Waals surface area (Å²) in [6.07, 6.45) is 1.88. The molecule has 2 aromatic heterocycles. The molecular formula is C13H17N5S. The number of anilines is 2. The Morgan fingerprint density at radius 2 is 2.00 bits per heavy atom. The standard InChI is InChI=1S/C13H17N5S/c1-17-4-6-18(7-5-17)12-3-2-10(8-15-12)13-16-11(14)9-19-13/h2-3,8-9H,4-7,14H2,1H3. The number of hydrogen-bond acceptors (Lipinski definition) is 6. The van der Waals surface area contributed by atoms with Gasteiger partial charge in [-0.05, 0) is 19.2 Å². The molecule has 0 atom stereocenters. The highest BCUT2D eigenvalue weighted by Crippen LogP contribution is 2.25. The van der Waals surface area contributed by atoms with E-state index in [-0.39, 0.29) is 0 Å². The highest BCUT2D eigenvalue weighted by Gasteiger charge is 2.15. The van der Waals surface area contributed by atoms with E-state index in [0.29, 0.717) is 5.82 Å². The highest BCUT2D eigenvalue weighted by molar-refractivity contribution is 7.13. The van der Waals surface area contributed by atoms with Gasteiger partial charge in [-0.25, -0.2) is 9.97 Å². The van der Waals surface area contributed by atoms with Gasteiger partial charge in [0.05, 0.1) is 0 Å². The fourth-order valence-corrected chi connectivity index (χ4v) is 2.85. The van der Waals surface area contributed by atoms with E-state index in [1.165, 1.54) is 0 Å². The maximum absolute atomic E-state index is 5.64. The molecule has 0 bridgehead atoms. The van der Waals surface area contributed by atoms with E-state index in [4.69, 9.17) is 5.73 Å². The molecule has 0 radical (unpaired) electrons. The molecule has 2 N–H and O–H groups in total. The van der Waals surface area contributed by atoms with Gasteiger partial charge in [0.25, 0.3) is 0 Å². The molecule has 0 aliphatic carbocycles. The quantitative estimate of drug-likeness (QED) is 0.901. The average molecular weight is 275 g/mol. The van der Waals surface area contributed by atoms with Gasteiger partial charge in [0.1, 0.15) is 16.6 Å². The van der Waals surface area contributed by atoms with Crippen LogP contribution in [0.15, 0.2) is 23.7 Å². The average Bonchev–Trinajstić information content (AvgIpc) is 2.87. The van der Waals surface area contributed by atoms with Crippen molar-refractivity contribution in [2.75, 3.05) is 43.9 Å². The van der Waals surface area contributed by atoms with E-state index < -0.39 is 0 Å². The lowest BCUT2D eigenvalue weighted by molar-refractivity contribution is 0.312. The number of thiazole rings is 1. The zero-order chi connectivity index (χ0) is 13.2. The Morgan fingerprint density at radius 1 is 1.21 bits per heavy atom. The first-order valence-electron chi connectivity index (χ1n) is 6.33. The molecule has 1 saturated heterocycles. The summed E-state index contributed by atoms with van der Waals surface area (Å²) < 4.78 is 0. The molecule has 3 heterocycles. The van der Waals surface area contributed by atoms with Crippen molar-refractivity contribution in [1.29, 1.82) is 0 Å². The van der Waals surface area contributed by atoms with Gasteiger partial charge in [-0.3, -0.25) is 0 Å². The minimum Gasteiger partial charge on any atom is -0.383 e. The third-order valence-electron chi connectivity index (χ3n) is 3.34. The van der Waals surface area contributed by atoms with Crippen LogP contribution in [0.3, 0.4) is 0 Å². The van der Waals surface area contributed by atoms with Crippen LogP contribution in [-0.4, -0.2) is 48.1 Å². The van der Waals surface area contributed by atoms with Crippen LogP contribution in [0.1, 0.15) is 0 Å². The van der Waals surface area contributed by atoms with Crippen LogP contribution >= 0.6 is 11.3 Å². The molecule has 1 aliphatic rings. The predicted octanol–water partition coefficient (Wildman–Crippen LogP) is 1.54. The van der Waals surface area contributed by atoms with Gasteiger partial charge in [-0.15, -0.1) is 11.3 Å². The number of aromatic nitrogens is 2. The number of rotatable bonds is 2. The second-order valence-corrected chi connectivity index (χ2v) is 5.63. The monoisotopic (exact) mass is 275 g/mol. The van der Waals surface area contributed by atoms with Crippen molar-refractivity contribution >= 4 is 23.0 Å². The van der Waals surface area contributed by atoms with Gasteiger partial charge in [0.2, 0.25) is 0 Å². The van der Waals surface area contributed by atoms with E-state index in [2.05, 4.69) is 38.9 Å². The molecule has 6 heteroatoms. The van der Waals surface area contributed by atoms with Crippen LogP contribution in [0.2, 0.25) is 0 Å². The van der Waals surface area contributed by atoms with Crippen molar-refractivity contribution < 1.29 is 0 Å². The Hall–Kier alpha value is -1.66. The Balaban J connectivity index is 1.75.